The second kappa shape index (κ2) is 4.09. The lowest BCUT2D eigenvalue weighted by Crippen LogP contribution is -2.47. The average Bonchev–Trinajstić information content (AvgIpc) is 2.26. The molecular weight excluding hydrogens is 227 g/mol. The quantitative estimate of drug-likeness (QED) is 0.672. The Bertz CT molecular complexity index is 437. The van der Waals surface area contributed by atoms with Crippen molar-refractivity contribution < 1.29 is 13.2 Å². The van der Waals surface area contributed by atoms with Crippen LogP contribution < -0.4 is 4.90 Å². The maximum atomic E-state index is 13.1. The number of benzene rings is 1. The van der Waals surface area contributed by atoms with Crippen molar-refractivity contribution in [2.75, 3.05) is 4.90 Å². The van der Waals surface area contributed by atoms with Crippen LogP contribution in [0, 0.1) is 0 Å². The summed E-state index contributed by atoms with van der Waals surface area (Å²) in [4.78, 5) is 0.558. The molecule has 0 bridgehead atoms. The SMILES string of the molecule is C=Cc1cccc2c1N(C(F)(F)F)C(C)CC2. The van der Waals surface area contributed by atoms with Gasteiger partial charge in [-0.05, 0) is 30.9 Å². The molecule has 1 aromatic carbocycles. The van der Waals surface area contributed by atoms with E-state index in [1.807, 2.05) is 0 Å². The lowest BCUT2D eigenvalue weighted by molar-refractivity contribution is -0.135. The van der Waals surface area contributed by atoms with Gasteiger partial charge in [0.25, 0.3) is 0 Å². The van der Waals surface area contributed by atoms with Crippen LogP contribution >= 0.6 is 0 Å². The van der Waals surface area contributed by atoms with E-state index in [1.165, 1.54) is 6.08 Å². The van der Waals surface area contributed by atoms with Crippen LogP contribution in [0.2, 0.25) is 0 Å². The number of para-hydroxylation sites is 1. The second-order valence-electron chi connectivity index (χ2n) is 4.28. The molecule has 1 aromatic rings. The standard InChI is InChI=1S/C13H14F3N/c1-3-10-5-4-6-11-8-7-9(2)17(12(10)11)13(14,15)16/h3-6,9H,1,7-8H2,2H3. The zero-order valence-electron chi connectivity index (χ0n) is 9.59. The largest absolute Gasteiger partial charge is 0.485 e. The molecule has 1 unspecified atom stereocenters. The number of hydrogen-bond acceptors (Lipinski definition) is 1. The summed E-state index contributed by atoms with van der Waals surface area (Å²) in [6, 6.07) is 4.68. The summed E-state index contributed by atoms with van der Waals surface area (Å²) in [7, 11) is 0. The molecule has 0 amide bonds. The number of halogens is 3. The minimum Gasteiger partial charge on any atom is -0.280 e. The topological polar surface area (TPSA) is 3.24 Å². The predicted octanol–water partition coefficient (Wildman–Crippen LogP) is 3.99. The number of rotatable bonds is 1. The van der Waals surface area contributed by atoms with Crippen LogP contribution in [-0.2, 0) is 6.42 Å². The Morgan fingerprint density at radius 3 is 2.71 bits per heavy atom. The first-order chi connectivity index (χ1) is 7.95. The summed E-state index contributed by atoms with van der Waals surface area (Å²) in [5.41, 5.74) is 1.57. The van der Waals surface area contributed by atoms with Crippen molar-refractivity contribution in [3.8, 4) is 0 Å². The van der Waals surface area contributed by atoms with Crippen molar-refractivity contribution in [1.29, 1.82) is 0 Å². The fourth-order valence-corrected chi connectivity index (χ4v) is 2.36. The van der Waals surface area contributed by atoms with Gasteiger partial charge in [-0.3, -0.25) is 4.90 Å². The minimum absolute atomic E-state index is 0.272. The summed E-state index contributed by atoms with van der Waals surface area (Å²) < 4.78 is 39.2. The predicted molar refractivity (Wildman–Crippen MR) is 62.9 cm³/mol. The Balaban J connectivity index is 2.61. The third kappa shape index (κ3) is 2.04. The van der Waals surface area contributed by atoms with Crippen molar-refractivity contribution in [2.24, 2.45) is 0 Å². The van der Waals surface area contributed by atoms with E-state index >= 15 is 0 Å². The van der Waals surface area contributed by atoms with Crippen molar-refractivity contribution in [3.05, 3.63) is 35.9 Å². The average molecular weight is 241 g/mol. The van der Waals surface area contributed by atoms with Gasteiger partial charge in [-0.1, -0.05) is 30.9 Å². The van der Waals surface area contributed by atoms with E-state index < -0.39 is 12.3 Å². The first kappa shape index (κ1) is 12.0. The Morgan fingerprint density at radius 1 is 1.41 bits per heavy atom. The fourth-order valence-electron chi connectivity index (χ4n) is 2.36. The Labute approximate surface area is 98.5 Å². The van der Waals surface area contributed by atoms with Crippen LogP contribution in [-0.4, -0.2) is 12.3 Å². The van der Waals surface area contributed by atoms with E-state index in [1.54, 1.807) is 25.1 Å². The number of anilines is 1. The summed E-state index contributed by atoms with van der Waals surface area (Å²) in [6.07, 6.45) is -1.65. The molecule has 0 N–H and O–H groups in total. The highest BCUT2D eigenvalue weighted by molar-refractivity contribution is 5.72. The zero-order valence-corrected chi connectivity index (χ0v) is 9.59. The van der Waals surface area contributed by atoms with Crippen LogP contribution in [0.3, 0.4) is 0 Å². The first-order valence-corrected chi connectivity index (χ1v) is 5.55. The van der Waals surface area contributed by atoms with Crippen LogP contribution in [0.15, 0.2) is 24.8 Å². The van der Waals surface area contributed by atoms with Gasteiger partial charge in [-0.25, -0.2) is 0 Å². The lowest BCUT2D eigenvalue weighted by atomic mass is 9.94. The molecule has 0 saturated carbocycles. The molecule has 17 heavy (non-hydrogen) atoms. The summed E-state index contributed by atoms with van der Waals surface area (Å²) in [5, 5.41) is 0. The molecule has 1 atom stereocenters. The number of fused-ring (bicyclic) bond motifs is 1. The maximum absolute atomic E-state index is 13.1. The summed E-state index contributed by atoms with van der Waals surface area (Å²) >= 11 is 0. The van der Waals surface area contributed by atoms with Crippen molar-refractivity contribution in [1.82, 2.24) is 0 Å². The lowest BCUT2D eigenvalue weighted by Gasteiger charge is -2.39. The van der Waals surface area contributed by atoms with Gasteiger partial charge < -0.3 is 0 Å². The molecule has 1 aliphatic heterocycles. The molecule has 92 valence electrons. The van der Waals surface area contributed by atoms with Crippen molar-refractivity contribution in [3.63, 3.8) is 0 Å². The Kier molecular flexibility index (Phi) is 2.89. The number of hydrogen-bond donors (Lipinski definition) is 0. The molecule has 0 saturated heterocycles. The van der Waals surface area contributed by atoms with Crippen LogP contribution in [0.25, 0.3) is 6.08 Å². The smallest absolute Gasteiger partial charge is 0.280 e. The van der Waals surface area contributed by atoms with Gasteiger partial charge >= 0.3 is 6.30 Å². The van der Waals surface area contributed by atoms with Crippen LogP contribution in [0.4, 0.5) is 18.9 Å². The van der Waals surface area contributed by atoms with E-state index in [4.69, 9.17) is 0 Å². The molecule has 0 radical (unpaired) electrons. The molecule has 4 heteroatoms. The van der Waals surface area contributed by atoms with E-state index in [-0.39, 0.29) is 5.69 Å². The van der Waals surface area contributed by atoms with Crippen molar-refractivity contribution in [2.45, 2.75) is 32.1 Å². The number of alkyl halides is 3. The zero-order chi connectivity index (χ0) is 12.6. The highest BCUT2D eigenvalue weighted by Crippen LogP contribution is 2.40. The molecule has 1 heterocycles. The monoisotopic (exact) mass is 241 g/mol. The molecule has 0 aromatic heterocycles. The van der Waals surface area contributed by atoms with Gasteiger partial charge in [0.1, 0.15) is 0 Å². The highest BCUT2D eigenvalue weighted by atomic mass is 19.4. The molecule has 0 fully saturated rings. The van der Waals surface area contributed by atoms with E-state index in [0.717, 1.165) is 5.56 Å². The van der Waals surface area contributed by atoms with E-state index in [9.17, 15) is 13.2 Å². The first-order valence-electron chi connectivity index (χ1n) is 5.55. The van der Waals surface area contributed by atoms with E-state index in [0.29, 0.717) is 23.3 Å². The number of aryl methyl sites for hydroxylation is 1. The molecule has 1 nitrogen and oxygen atoms in total. The highest BCUT2D eigenvalue weighted by Gasteiger charge is 2.43. The normalized spacial score (nSPS) is 20.0. The van der Waals surface area contributed by atoms with Gasteiger partial charge in [-0.15, -0.1) is 0 Å². The van der Waals surface area contributed by atoms with Gasteiger partial charge in [-0.2, -0.15) is 13.2 Å². The van der Waals surface area contributed by atoms with Gasteiger partial charge in [0.15, 0.2) is 0 Å². The van der Waals surface area contributed by atoms with Crippen LogP contribution in [0.1, 0.15) is 24.5 Å². The Morgan fingerprint density at radius 2 is 2.12 bits per heavy atom. The molecular formula is C13H14F3N. The third-order valence-corrected chi connectivity index (χ3v) is 3.16. The summed E-state index contributed by atoms with van der Waals surface area (Å²) in [5.74, 6) is 0. The molecule has 0 spiro atoms. The fraction of sp³-hybridized carbons (Fsp3) is 0.385. The second-order valence-corrected chi connectivity index (χ2v) is 4.28. The number of nitrogens with zero attached hydrogens (tertiary/aromatic N) is 1. The van der Waals surface area contributed by atoms with Gasteiger partial charge in [0, 0.05) is 6.04 Å². The van der Waals surface area contributed by atoms with Gasteiger partial charge in [0.2, 0.25) is 0 Å². The minimum atomic E-state index is -4.34. The molecule has 1 aliphatic rings. The maximum Gasteiger partial charge on any atom is 0.485 e. The Hall–Kier alpha value is -1.45. The summed E-state index contributed by atoms with van der Waals surface area (Å²) in [6.45, 7) is 5.19. The van der Waals surface area contributed by atoms with Crippen molar-refractivity contribution >= 4 is 11.8 Å². The van der Waals surface area contributed by atoms with Gasteiger partial charge in [0.05, 0.1) is 5.69 Å². The molecule has 0 aliphatic carbocycles. The van der Waals surface area contributed by atoms with E-state index in [2.05, 4.69) is 6.58 Å². The van der Waals surface area contributed by atoms with Crippen LogP contribution in [0.5, 0.6) is 0 Å². The third-order valence-electron chi connectivity index (χ3n) is 3.16. The molecule has 2 rings (SSSR count).